The summed E-state index contributed by atoms with van der Waals surface area (Å²) in [6, 6.07) is 16.4. The van der Waals surface area contributed by atoms with Crippen LogP contribution in [-0.2, 0) is 19.8 Å². The van der Waals surface area contributed by atoms with E-state index in [1.807, 2.05) is 41.1 Å². The largest absolute Gasteiger partial charge is 0.341 e. The second kappa shape index (κ2) is 7.18. The molecule has 0 spiro atoms. The Hall–Kier alpha value is -1.48. The first-order valence-corrected chi connectivity index (χ1v) is 9.08. The van der Waals surface area contributed by atoms with Crippen molar-refractivity contribution in [1.29, 1.82) is 0 Å². The third-order valence-corrected chi connectivity index (χ3v) is 4.53. The van der Waals surface area contributed by atoms with Crippen molar-refractivity contribution in [3.63, 3.8) is 0 Å². The zero-order valence-corrected chi connectivity index (χ0v) is 14.1. The third-order valence-electron chi connectivity index (χ3n) is 3.66. The maximum Gasteiger partial charge on any atom is 0.333 e. The number of benzene rings is 2. The number of halogens is 1. The Balaban J connectivity index is 1.86. The van der Waals surface area contributed by atoms with Crippen molar-refractivity contribution in [3.8, 4) is 0 Å². The van der Waals surface area contributed by atoms with Crippen LogP contribution < -0.4 is 4.72 Å². The number of hydrogen-bond donors (Lipinski definition) is 2. The van der Waals surface area contributed by atoms with E-state index in [-0.39, 0.29) is 6.54 Å². The molecule has 0 saturated carbocycles. The lowest BCUT2D eigenvalue weighted by Crippen LogP contribution is -2.34. The number of ether oxygens (including phenoxy) is 2. The molecule has 3 rings (SSSR count). The summed E-state index contributed by atoms with van der Waals surface area (Å²) in [5, 5.41) is 0.497. The highest BCUT2D eigenvalue weighted by molar-refractivity contribution is 7.83. The number of nitrogens with one attached hydrogen (secondary N) is 1. The van der Waals surface area contributed by atoms with E-state index in [0.29, 0.717) is 10.6 Å². The van der Waals surface area contributed by atoms with Gasteiger partial charge < -0.3 is 9.47 Å². The molecule has 1 aliphatic rings. The van der Waals surface area contributed by atoms with Gasteiger partial charge in [0, 0.05) is 22.7 Å². The maximum absolute atomic E-state index is 11.0. The highest BCUT2D eigenvalue weighted by Gasteiger charge is 2.39. The van der Waals surface area contributed by atoms with Crippen LogP contribution in [0.25, 0.3) is 0 Å². The van der Waals surface area contributed by atoms with Gasteiger partial charge in [-0.05, 0) is 6.07 Å². The summed E-state index contributed by atoms with van der Waals surface area (Å²) in [5.41, 5.74) is 1.50. The fraction of sp³-hybridized carbons (Fsp3) is 0.250. The van der Waals surface area contributed by atoms with Gasteiger partial charge in [0.05, 0.1) is 0 Å². The van der Waals surface area contributed by atoms with E-state index < -0.39 is 28.8 Å². The van der Waals surface area contributed by atoms with Crippen LogP contribution in [0, 0.1) is 0 Å². The van der Waals surface area contributed by atoms with Crippen LogP contribution >= 0.6 is 11.6 Å². The fourth-order valence-corrected chi connectivity index (χ4v) is 3.19. The Bertz CT molecular complexity index is 799. The molecule has 1 saturated heterocycles. The van der Waals surface area contributed by atoms with E-state index in [0.717, 1.165) is 5.56 Å². The van der Waals surface area contributed by atoms with Crippen molar-refractivity contribution < 1.29 is 22.4 Å². The van der Waals surface area contributed by atoms with Gasteiger partial charge in [-0.3, -0.25) is 4.55 Å². The highest BCUT2D eigenvalue weighted by atomic mass is 35.5. The van der Waals surface area contributed by atoms with Gasteiger partial charge in [-0.25, -0.2) is 0 Å². The van der Waals surface area contributed by atoms with Crippen LogP contribution in [0.5, 0.6) is 0 Å². The molecular formula is C16H16ClNO5S. The van der Waals surface area contributed by atoms with Crippen molar-refractivity contribution in [3.05, 3.63) is 70.7 Å². The summed E-state index contributed by atoms with van der Waals surface area (Å²) in [6.07, 6.45) is -1.86. The smallest absolute Gasteiger partial charge is 0.333 e. The minimum Gasteiger partial charge on any atom is -0.341 e. The summed E-state index contributed by atoms with van der Waals surface area (Å²) in [7, 11) is -4.33. The zero-order chi connectivity index (χ0) is 17.2. The van der Waals surface area contributed by atoms with Crippen LogP contribution in [0.4, 0.5) is 0 Å². The number of hydrogen-bond acceptors (Lipinski definition) is 4. The van der Waals surface area contributed by atoms with Crippen LogP contribution in [0.15, 0.2) is 54.6 Å². The molecule has 3 atom stereocenters. The predicted molar refractivity (Wildman–Crippen MR) is 88.9 cm³/mol. The third kappa shape index (κ3) is 4.13. The molecule has 2 N–H and O–H groups in total. The van der Waals surface area contributed by atoms with E-state index in [1.165, 1.54) is 0 Å². The molecule has 0 radical (unpaired) electrons. The van der Waals surface area contributed by atoms with Gasteiger partial charge in [-0.2, -0.15) is 13.1 Å². The second-order valence-corrected chi connectivity index (χ2v) is 6.96. The summed E-state index contributed by atoms with van der Waals surface area (Å²) in [6.45, 7) is -0.141. The highest BCUT2D eigenvalue weighted by Crippen LogP contribution is 2.41. The minimum atomic E-state index is -4.33. The van der Waals surface area contributed by atoms with Gasteiger partial charge in [0.1, 0.15) is 12.2 Å². The Morgan fingerprint density at radius 3 is 2.38 bits per heavy atom. The first-order chi connectivity index (χ1) is 11.4. The van der Waals surface area contributed by atoms with Gasteiger partial charge in [0.2, 0.25) is 0 Å². The van der Waals surface area contributed by atoms with Gasteiger partial charge in [-0.1, -0.05) is 60.1 Å². The lowest BCUT2D eigenvalue weighted by Gasteiger charge is -2.17. The molecule has 0 amide bonds. The molecule has 1 unspecified atom stereocenters. The zero-order valence-electron chi connectivity index (χ0n) is 12.5. The van der Waals surface area contributed by atoms with Crippen LogP contribution in [0.1, 0.15) is 23.5 Å². The average Bonchev–Trinajstić information content (AvgIpc) is 2.98. The summed E-state index contributed by atoms with van der Waals surface area (Å²) in [4.78, 5) is 0. The summed E-state index contributed by atoms with van der Waals surface area (Å²) in [5.74, 6) is 0. The van der Waals surface area contributed by atoms with E-state index in [2.05, 4.69) is 0 Å². The molecule has 24 heavy (non-hydrogen) atoms. The van der Waals surface area contributed by atoms with Crippen LogP contribution in [0.3, 0.4) is 0 Å². The Kier molecular flexibility index (Phi) is 5.19. The van der Waals surface area contributed by atoms with Crippen molar-refractivity contribution in [2.45, 2.75) is 18.5 Å². The molecule has 0 bridgehead atoms. The normalized spacial score (nSPS) is 24.2. The average molecular weight is 370 g/mol. The number of rotatable bonds is 5. The monoisotopic (exact) mass is 369 g/mol. The topological polar surface area (TPSA) is 84.9 Å². The Morgan fingerprint density at radius 2 is 1.71 bits per heavy atom. The van der Waals surface area contributed by atoms with Gasteiger partial charge in [0.25, 0.3) is 0 Å². The lowest BCUT2D eigenvalue weighted by molar-refractivity contribution is -0.0687. The van der Waals surface area contributed by atoms with Crippen molar-refractivity contribution in [1.82, 2.24) is 4.72 Å². The molecule has 6 nitrogen and oxygen atoms in total. The quantitative estimate of drug-likeness (QED) is 0.791. The summed E-state index contributed by atoms with van der Waals surface area (Å²) >= 11 is 6.23. The van der Waals surface area contributed by atoms with E-state index in [1.54, 1.807) is 18.2 Å². The SMILES string of the molecule is O=S(=O)(O)NC[C@@H]1OC(c2ccccc2)O[C@H]1c1ccccc1Cl. The molecule has 128 valence electrons. The van der Waals surface area contributed by atoms with Crippen LogP contribution in [-0.4, -0.2) is 25.6 Å². The molecule has 1 heterocycles. The molecule has 2 aromatic rings. The molecule has 0 aliphatic carbocycles. The first kappa shape index (κ1) is 17.3. The maximum atomic E-state index is 11.0. The fourth-order valence-electron chi connectivity index (χ4n) is 2.57. The predicted octanol–water partition coefficient (Wildman–Crippen LogP) is 2.89. The Morgan fingerprint density at radius 1 is 1.04 bits per heavy atom. The molecule has 2 aromatic carbocycles. The second-order valence-electron chi connectivity index (χ2n) is 5.32. The van der Waals surface area contributed by atoms with Crippen molar-refractivity contribution >= 4 is 21.9 Å². The molecule has 8 heteroatoms. The van der Waals surface area contributed by atoms with E-state index in [9.17, 15) is 8.42 Å². The van der Waals surface area contributed by atoms with E-state index >= 15 is 0 Å². The molecule has 1 aliphatic heterocycles. The van der Waals surface area contributed by atoms with E-state index in [4.69, 9.17) is 25.6 Å². The lowest BCUT2D eigenvalue weighted by atomic mass is 10.0. The van der Waals surface area contributed by atoms with Gasteiger partial charge in [-0.15, -0.1) is 0 Å². The Labute approximate surface area is 145 Å². The molecular weight excluding hydrogens is 354 g/mol. The standard InChI is InChI=1S/C16H16ClNO5S/c17-13-9-5-4-8-12(13)15-14(10-18-24(19,20)21)22-16(23-15)11-6-2-1-3-7-11/h1-9,14-16,18H,10H2,(H,19,20,21)/t14-,15-,16?/m0/s1. The molecule has 1 fully saturated rings. The van der Waals surface area contributed by atoms with Crippen molar-refractivity contribution in [2.75, 3.05) is 6.54 Å². The summed E-state index contributed by atoms with van der Waals surface area (Å²) < 4.78 is 44.7. The van der Waals surface area contributed by atoms with Gasteiger partial charge >= 0.3 is 10.3 Å². The minimum absolute atomic E-state index is 0.141. The first-order valence-electron chi connectivity index (χ1n) is 7.26. The van der Waals surface area contributed by atoms with Crippen LogP contribution in [0.2, 0.25) is 5.02 Å². The van der Waals surface area contributed by atoms with Gasteiger partial charge in [0.15, 0.2) is 6.29 Å². The molecule has 0 aromatic heterocycles. The van der Waals surface area contributed by atoms with Crippen molar-refractivity contribution in [2.24, 2.45) is 0 Å².